The average molecular weight is 211 g/mol. The normalized spacial score (nSPS) is 20.6. The van der Waals surface area contributed by atoms with E-state index in [1.807, 2.05) is 0 Å². The Bertz CT molecular complexity index is 335. The van der Waals surface area contributed by atoms with Gasteiger partial charge in [0.15, 0.2) is 0 Å². The lowest BCUT2D eigenvalue weighted by Crippen LogP contribution is -2.48. The molecule has 5 nitrogen and oxygen atoms in total. The fourth-order valence-electron chi connectivity index (χ4n) is 1.72. The number of hydrogen-bond acceptors (Lipinski definition) is 5. The highest BCUT2D eigenvalue weighted by molar-refractivity contribution is 5.28. The highest BCUT2D eigenvalue weighted by Gasteiger charge is 2.29. The Labute approximate surface area is 89.2 Å². The smallest absolute Gasteiger partial charge is 0.297 e. The van der Waals surface area contributed by atoms with E-state index in [4.69, 9.17) is 14.9 Å². The molecular formula is C10H17N3O2. The lowest BCUT2D eigenvalue weighted by atomic mass is 10.1. The first-order valence-electron chi connectivity index (χ1n) is 5.14. The number of nitrogens with zero attached hydrogens (tertiary/aromatic N) is 2. The summed E-state index contributed by atoms with van der Waals surface area (Å²) in [6, 6.07) is 0.645. The molecule has 0 radical (unpaired) electrons. The first-order valence-corrected chi connectivity index (χ1v) is 5.14. The molecule has 2 rings (SSSR count). The molecule has 0 atom stereocenters. The average Bonchev–Trinajstić information content (AvgIpc) is 2.64. The van der Waals surface area contributed by atoms with E-state index in [0.717, 1.165) is 18.8 Å². The van der Waals surface area contributed by atoms with Gasteiger partial charge in [0.2, 0.25) is 0 Å². The molecule has 2 N–H and O–H groups in total. The fourth-order valence-corrected chi connectivity index (χ4v) is 1.72. The molecule has 15 heavy (non-hydrogen) atoms. The van der Waals surface area contributed by atoms with Crippen molar-refractivity contribution in [3.63, 3.8) is 0 Å². The molecule has 0 amide bonds. The Hall–Kier alpha value is -1.07. The Morgan fingerprint density at radius 3 is 3.00 bits per heavy atom. The number of hydrogen-bond donors (Lipinski definition) is 1. The van der Waals surface area contributed by atoms with Crippen LogP contribution in [0.1, 0.15) is 19.5 Å². The zero-order chi connectivity index (χ0) is 10.9. The molecule has 0 saturated carbocycles. The van der Waals surface area contributed by atoms with Crippen molar-refractivity contribution in [3.05, 3.63) is 12.0 Å². The van der Waals surface area contributed by atoms with Crippen molar-refractivity contribution in [3.8, 4) is 0 Å². The van der Waals surface area contributed by atoms with Gasteiger partial charge in [-0.3, -0.25) is 0 Å². The summed E-state index contributed by atoms with van der Waals surface area (Å²) in [5.41, 5.74) is 6.12. The van der Waals surface area contributed by atoms with Gasteiger partial charge in [0, 0.05) is 13.1 Å². The van der Waals surface area contributed by atoms with Gasteiger partial charge in [0.1, 0.15) is 6.26 Å². The molecule has 1 aromatic rings. The van der Waals surface area contributed by atoms with Crippen LogP contribution in [0.2, 0.25) is 0 Å². The summed E-state index contributed by atoms with van der Waals surface area (Å²) < 4.78 is 11.0. The van der Waals surface area contributed by atoms with E-state index in [0.29, 0.717) is 19.2 Å². The van der Waals surface area contributed by atoms with Crippen molar-refractivity contribution in [1.82, 2.24) is 4.98 Å². The van der Waals surface area contributed by atoms with Gasteiger partial charge < -0.3 is 19.8 Å². The Kier molecular flexibility index (Phi) is 2.67. The molecule has 0 spiro atoms. The number of ether oxygens (including phenoxy) is 1. The standard InChI is InChI=1S/C10H17N3O2/c1-10(2)7-13(3-4-15-10)9-12-8(5-11)6-14-9/h6H,3-5,7,11H2,1-2H3. The second-order valence-corrected chi connectivity index (χ2v) is 4.36. The minimum atomic E-state index is -0.143. The Morgan fingerprint density at radius 2 is 2.40 bits per heavy atom. The quantitative estimate of drug-likeness (QED) is 0.782. The van der Waals surface area contributed by atoms with Crippen LogP contribution in [0.15, 0.2) is 10.7 Å². The van der Waals surface area contributed by atoms with Gasteiger partial charge >= 0.3 is 0 Å². The highest BCUT2D eigenvalue weighted by atomic mass is 16.5. The molecule has 1 aromatic heterocycles. The van der Waals surface area contributed by atoms with Crippen LogP contribution in [0.3, 0.4) is 0 Å². The zero-order valence-electron chi connectivity index (χ0n) is 9.19. The third kappa shape index (κ3) is 2.30. The van der Waals surface area contributed by atoms with Gasteiger partial charge in [-0.25, -0.2) is 0 Å². The van der Waals surface area contributed by atoms with E-state index in [1.54, 1.807) is 6.26 Å². The minimum absolute atomic E-state index is 0.143. The van der Waals surface area contributed by atoms with E-state index < -0.39 is 0 Å². The van der Waals surface area contributed by atoms with Crippen LogP contribution in [0.4, 0.5) is 6.01 Å². The van der Waals surface area contributed by atoms with Crippen molar-refractivity contribution >= 4 is 6.01 Å². The largest absolute Gasteiger partial charge is 0.432 e. The Morgan fingerprint density at radius 1 is 1.60 bits per heavy atom. The van der Waals surface area contributed by atoms with Crippen LogP contribution in [-0.4, -0.2) is 30.3 Å². The molecule has 5 heteroatoms. The van der Waals surface area contributed by atoms with Gasteiger partial charge in [0.05, 0.1) is 24.4 Å². The van der Waals surface area contributed by atoms with E-state index in [2.05, 4.69) is 23.7 Å². The van der Waals surface area contributed by atoms with Crippen molar-refractivity contribution < 1.29 is 9.15 Å². The third-order valence-electron chi connectivity index (χ3n) is 2.44. The van der Waals surface area contributed by atoms with Crippen molar-refractivity contribution in [2.75, 3.05) is 24.6 Å². The van der Waals surface area contributed by atoms with Gasteiger partial charge in [-0.05, 0) is 13.8 Å². The predicted octanol–water partition coefficient (Wildman–Crippen LogP) is 0.749. The van der Waals surface area contributed by atoms with Crippen LogP contribution < -0.4 is 10.6 Å². The van der Waals surface area contributed by atoms with Crippen molar-refractivity contribution in [2.45, 2.75) is 26.0 Å². The number of anilines is 1. The summed E-state index contributed by atoms with van der Waals surface area (Å²) in [5, 5.41) is 0. The van der Waals surface area contributed by atoms with Gasteiger partial charge in [0.25, 0.3) is 6.01 Å². The second kappa shape index (κ2) is 3.83. The number of morpholine rings is 1. The van der Waals surface area contributed by atoms with Crippen LogP contribution in [0.5, 0.6) is 0 Å². The number of nitrogens with two attached hydrogens (primary N) is 1. The van der Waals surface area contributed by atoms with Crippen molar-refractivity contribution in [1.29, 1.82) is 0 Å². The zero-order valence-corrected chi connectivity index (χ0v) is 9.19. The lowest BCUT2D eigenvalue weighted by Gasteiger charge is -2.37. The van der Waals surface area contributed by atoms with Gasteiger partial charge in [-0.1, -0.05) is 0 Å². The molecule has 1 saturated heterocycles. The molecule has 1 fully saturated rings. The second-order valence-electron chi connectivity index (χ2n) is 4.36. The molecule has 1 aliphatic rings. The summed E-state index contributed by atoms with van der Waals surface area (Å²) in [6.45, 7) is 6.84. The first kappa shape index (κ1) is 10.4. The molecule has 1 aliphatic heterocycles. The van der Waals surface area contributed by atoms with E-state index in [9.17, 15) is 0 Å². The third-order valence-corrected chi connectivity index (χ3v) is 2.44. The van der Waals surface area contributed by atoms with Gasteiger partial charge in [-0.15, -0.1) is 0 Å². The molecule has 0 unspecified atom stereocenters. The SMILES string of the molecule is CC1(C)CN(c2nc(CN)co2)CCO1. The predicted molar refractivity (Wildman–Crippen MR) is 56.6 cm³/mol. The van der Waals surface area contributed by atoms with Crippen LogP contribution >= 0.6 is 0 Å². The summed E-state index contributed by atoms with van der Waals surface area (Å²) in [6.07, 6.45) is 1.61. The molecule has 0 aliphatic carbocycles. The van der Waals surface area contributed by atoms with E-state index in [-0.39, 0.29) is 5.60 Å². The maximum atomic E-state index is 5.61. The Balaban J connectivity index is 2.10. The topological polar surface area (TPSA) is 64.5 Å². The molecule has 0 aromatic carbocycles. The van der Waals surface area contributed by atoms with E-state index in [1.165, 1.54) is 0 Å². The summed E-state index contributed by atoms with van der Waals surface area (Å²) in [7, 11) is 0. The van der Waals surface area contributed by atoms with Gasteiger partial charge in [-0.2, -0.15) is 4.98 Å². The fraction of sp³-hybridized carbons (Fsp3) is 0.700. The molecule has 84 valence electrons. The molecule has 0 bridgehead atoms. The summed E-state index contributed by atoms with van der Waals surface area (Å²) in [4.78, 5) is 6.38. The van der Waals surface area contributed by atoms with Crippen LogP contribution in [0, 0.1) is 0 Å². The number of rotatable bonds is 2. The number of oxazole rings is 1. The minimum Gasteiger partial charge on any atom is -0.432 e. The summed E-state index contributed by atoms with van der Waals surface area (Å²) in [5.74, 6) is 0. The van der Waals surface area contributed by atoms with Crippen LogP contribution in [-0.2, 0) is 11.3 Å². The number of aromatic nitrogens is 1. The first-order chi connectivity index (χ1) is 7.11. The highest BCUT2D eigenvalue weighted by Crippen LogP contribution is 2.22. The molecule has 2 heterocycles. The lowest BCUT2D eigenvalue weighted by molar-refractivity contribution is -0.0290. The molecular weight excluding hydrogens is 194 g/mol. The van der Waals surface area contributed by atoms with Crippen molar-refractivity contribution in [2.24, 2.45) is 5.73 Å². The maximum absolute atomic E-state index is 5.61. The summed E-state index contributed by atoms with van der Waals surface area (Å²) >= 11 is 0. The van der Waals surface area contributed by atoms with Crippen LogP contribution in [0.25, 0.3) is 0 Å². The monoisotopic (exact) mass is 211 g/mol. The maximum Gasteiger partial charge on any atom is 0.297 e. The van der Waals surface area contributed by atoms with E-state index >= 15 is 0 Å².